The molecule has 0 spiro atoms. The fourth-order valence-corrected chi connectivity index (χ4v) is 2.62. The number of aromatic hydroxyl groups is 5. The second kappa shape index (κ2) is 13.8. The number of hydrogen-bond acceptors (Lipinski definition) is 12. The maximum atomic E-state index is 11.9. The minimum Gasteiger partial charge on any atom is -0.508 e. The van der Waals surface area contributed by atoms with Crippen molar-refractivity contribution in [2.45, 2.75) is 6.92 Å². The van der Waals surface area contributed by atoms with E-state index < -0.39 is 29.2 Å². The van der Waals surface area contributed by atoms with Crippen LogP contribution in [0.2, 0.25) is 0 Å². The summed E-state index contributed by atoms with van der Waals surface area (Å²) < 4.78 is 25.8. The van der Waals surface area contributed by atoms with Crippen molar-refractivity contribution in [3.05, 3.63) is 41.0 Å². The molecule has 0 heterocycles. The zero-order chi connectivity index (χ0) is 25.8. The molecule has 0 atom stereocenters. The van der Waals surface area contributed by atoms with Crippen LogP contribution in [0.1, 0.15) is 26.3 Å². The van der Waals surface area contributed by atoms with Crippen LogP contribution in [0, 0.1) is 6.92 Å². The van der Waals surface area contributed by atoms with Gasteiger partial charge in [0, 0.05) is 5.56 Å². The Hall–Kier alpha value is -3.74. The summed E-state index contributed by atoms with van der Waals surface area (Å²) in [6.45, 7) is 2.72. The van der Waals surface area contributed by atoms with E-state index in [0.29, 0.717) is 0 Å². The fraction of sp³-hybridized carbons (Fsp3) is 0.391. The topological polar surface area (TPSA) is 181 Å². The van der Waals surface area contributed by atoms with Gasteiger partial charge in [-0.05, 0) is 31.2 Å². The Morgan fingerprint density at radius 2 is 0.886 bits per heavy atom. The molecule has 0 amide bonds. The Kier molecular flexibility index (Phi) is 10.9. The largest absolute Gasteiger partial charge is 0.508 e. The first-order valence-electron chi connectivity index (χ1n) is 10.6. The molecule has 0 fully saturated rings. The molecule has 2 aromatic carbocycles. The lowest BCUT2D eigenvalue weighted by atomic mass is 10.1. The quantitative estimate of drug-likeness (QED) is 0.145. The number of carbonyl (C=O) groups is 2. The van der Waals surface area contributed by atoms with E-state index >= 15 is 0 Å². The van der Waals surface area contributed by atoms with Gasteiger partial charge in [0.2, 0.25) is 0 Å². The lowest BCUT2D eigenvalue weighted by Crippen LogP contribution is -2.15. The summed E-state index contributed by atoms with van der Waals surface area (Å²) in [5.74, 6) is -3.90. The lowest BCUT2D eigenvalue weighted by molar-refractivity contribution is -0.00677. The second-order valence-electron chi connectivity index (χ2n) is 7.11. The molecule has 0 aliphatic heterocycles. The molecule has 35 heavy (non-hydrogen) atoms. The van der Waals surface area contributed by atoms with Gasteiger partial charge in [-0.15, -0.1) is 0 Å². The third kappa shape index (κ3) is 8.85. The van der Waals surface area contributed by atoms with Crippen LogP contribution < -0.4 is 0 Å². The van der Waals surface area contributed by atoms with E-state index in [2.05, 4.69) is 0 Å². The number of ether oxygens (including phenoxy) is 5. The Morgan fingerprint density at radius 3 is 1.26 bits per heavy atom. The minimum absolute atomic E-state index is 0.0144. The molecule has 12 heteroatoms. The third-order valence-corrected chi connectivity index (χ3v) is 4.56. The van der Waals surface area contributed by atoms with Gasteiger partial charge in [0.1, 0.15) is 24.7 Å². The van der Waals surface area contributed by atoms with E-state index in [-0.39, 0.29) is 81.0 Å². The maximum Gasteiger partial charge on any atom is 0.338 e. The number of carbonyl (C=O) groups excluding carboxylic acids is 2. The summed E-state index contributed by atoms with van der Waals surface area (Å²) >= 11 is 0. The second-order valence-corrected chi connectivity index (χ2v) is 7.11. The standard InChI is InChI=1S/C23H28O12/c1-14-17(24)10-15(11-18(14)25)22(29)34-8-6-32-4-2-31-3-5-33-7-9-35-23(30)16-12-19(26)21(28)20(27)13-16/h10-13,24-28H,2-9H2,1H3. The van der Waals surface area contributed by atoms with Crippen molar-refractivity contribution in [1.29, 1.82) is 0 Å². The van der Waals surface area contributed by atoms with Crippen molar-refractivity contribution in [1.82, 2.24) is 0 Å². The molecule has 2 aromatic rings. The van der Waals surface area contributed by atoms with Gasteiger partial charge >= 0.3 is 11.9 Å². The van der Waals surface area contributed by atoms with Crippen molar-refractivity contribution in [2.75, 3.05) is 52.9 Å². The summed E-state index contributed by atoms with van der Waals surface area (Å²) in [5, 5.41) is 47.3. The van der Waals surface area contributed by atoms with Crippen molar-refractivity contribution >= 4 is 11.9 Å². The number of phenolic OH excluding ortho intramolecular Hbond substituents is 5. The number of esters is 2. The highest BCUT2D eigenvalue weighted by molar-refractivity contribution is 5.91. The summed E-state index contributed by atoms with van der Waals surface area (Å²) in [5.41, 5.74) is 0.181. The highest BCUT2D eigenvalue weighted by atomic mass is 16.6. The molecule has 0 radical (unpaired) electrons. The van der Waals surface area contributed by atoms with Crippen molar-refractivity contribution in [2.24, 2.45) is 0 Å². The number of phenols is 5. The smallest absolute Gasteiger partial charge is 0.338 e. The monoisotopic (exact) mass is 496 g/mol. The van der Waals surface area contributed by atoms with Crippen LogP contribution in [0.5, 0.6) is 28.7 Å². The van der Waals surface area contributed by atoms with Gasteiger partial charge in [0.05, 0.1) is 50.8 Å². The SMILES string of the molecule is Cc1c(O)cc(C(=O)OCCOCCOCCOCCOC(=O)c2cc(O)c(O)c(O)c2)cc1O. The minimum atomic E-state index is -0.798. The Balaban J connectivity index is 1.44. The zero-order valence-corrected chi connectivity index (χ0v) is 19.1. The molecule has 0 aromatic heterocycles. The van der Waals surface area contributed by atoms with Crippen LogP contribution in [0.3, 0.4) is 0 Å². The predicted molar refractivity (Wildman–Crippen MR) is 119 cm³/mol. The maximum absolute atomic E-state index is 11.9. The third-order valence-electron chi connectivity index (χ3n) is 4.56. The van der Waals surface area contributed by atoms with E-state index in [1.54, 1.807) is 0 Å². The van der Waals surface area contributed by atoms with Crippen molar-refractivity contribution < 1.29 is 58.8 Å². The Morgan fingerprint density at radius 1 is 0.571 bits per heavy atom. The molecular weight excluding hydrogens is 468 g/mol. The van der Waals surface area contributed by atoms with Crippen LogP contribution in [0.25, 0.3) is 0 Å². The molecular formula is C23H28O12. The Bertz CT molecular complexity index is 878. The molecule has 192 valence electrons. The zero-order valence-electron chi connectivity index (χ0n) is 19.1. The van der Waals surface area contributed by atoms with Crippen molar-refractivity contribution in [3.63, 3.8) is 0 Å². The predicted octanol–water partition coefficient (Wildman–Crippen LogP) is 1.59. The van der Waals surface area contributed by atoms with Crippen molar-refractivity contribution in [3.8, 4) is 28.7 Å². The van der Waals surface area contributed by atoms with Gasteiger partial charge in [-0.3, -0.25) is 0 Å². The summed E-state index contributed by atoms with van der Waals surface area (Å²) in [4.78, 5) is 23.7. The summed E-state index contributed by atoms with van der Waals surface area (Å²) in [7, 11) is 0. The highest BCUT2D eigenvalue weighted by Gasteiger charge is 2.15. The molecule has 0 aliphatic rings. The fourth-order valence-electron chi connectivity index (χ4n) is 2.62. The summed E-state index contributed by atoms with van der Waals surface area (Å²) in [6.07, 6.45) is 0. The molecule has 12 nitrogen and oxygen atoms in total. The van der Waals surface area contributed by atoms with Gasteiger partial charge in [0.25, 0.3) is 0 Å². The van der Waals surface area contributed by atoms with E-state index in [4.69, 9.17) is 23.7 Å². The average Bonchev–Trinajstić information content (AvgIpc) is 2.82. The van der Waals surface area contributed by atoms with E-state index in [1.165, 1.54) is 19.1 Å². The molecule has 0 unspecified atom stereocenters. The number of hydrogen-bond donors (Lipinski definition) is 5. The first kappa shape index (κ1) is 27.5. The van der Waals surface area contributed by atoms with Crippen LogP contribution in [-0.2, 0) is 23.7 Å². The lowest BCUT2D eigenvalue weighted by Gasteiger charge is -2.09. The van der Waals surface area contributed by atoms with Gasteiger partial charge in [-0.1, -0.05) is 0 Å². The molecule has 0 bridgehead atoms. The van der Waals surface area contributed by atoms with E-state index in [1.807, 2.05) is 0 Å². The molecule has 0 saturated heterocycles. The molecule has 5 N–H and O–H groups in total. The van der Waals surface area contributed by atoms with Gasteiger partial charge < -0.3 is 49.2 Å². The highest BCUT2D eigenvalue weighted by Crippen LogP contribution is 2.35. The van der Waals surface area contributed by atoms with Gasteiger partial charge in [-0.2, -0.15) is 0 Å². The number of benzene rings is 2. The van der Waals surface area contributed by atoms with Crippen LogP contribution in [0.15, 0.2) is 24.3 Å². The Labute approximate surface area is 200 Å². The molecule has 0 aliphatic carbocycles. The summed E-state index contributed by atoms with van der Waals surface area (Å²) in [6, 6.07) is 4.37. The average molecular weight is 496 g/mol. The van der Waals surface area contributed by atoms with Crippen LogP contribution in [0.4, 0.5) is 0 Å². The van der Waals surface area contributed by atoms with Crippen LogP contribution >= 0.6 is 0 Å². The molecule has 2 rings (SSSR count). The molecule has 0 saturated carbocycles. The van der Waals surface area contributed by atoms with Crippen LogP contribution in [-0.4, -0.2) is 90.3 Å². The van der Waals surface area contributed by atoms with Gasteiger partial charge in [-0.25, -0.2) is 9.59 Å². The first-order valence-corrected chi connectivity index (χ1v) is 10.6. The number of rotatable bonds is 14. The first-order chi connectivity index (χ1) is 16.7. The van der Waals surface area contributed by atoms with E-state index in [9.17, 15) is 35.1 Å². The van der Waals surface area contributed by atoms with Gasteiger partial charge in [0.15, 0.2) is 17.2 Å². The normalized spacial score (nSPS) is 10.8. The van der Waals surface area contributed by atoms with E-state index in [0.717, 1.165) is 12.1 Å².